The Morgan fingerprint density at radius 2 is 1.86 bits per heavy atom. The van der Waals surface area contributed by atoms with Crippen LogP contribution in [0, 0.1) is 0 Å². The predicted octanol–water partition coefficient (Wildman–Crippen LogP) is 4.03. The van der Waals surface area contributed by atoms with Gasteiger partial charge in [0.25, 0.3) is 5.91 Å². The highest BCUT2D eigenvalue weighted by Crippen LogP contribution is 2.59. The van der Waals surface area contributed by atoms with Gasteiger partial charge in [-0.3, -0.25) is 4.79 Å². The summed E-state index contributed by atoms with van der Waals surface area (Å²) in [4.78, 5) is 12.1. The summed E-state index contributed by atoms with van der Waals surface area (Å²) in [5.41, 5.74) is 0.172. The summed E-state index contributed by atoms with van der Waals surface area (Å²) in [6, 6.07) is 7.67. The molecule has 2 rings (SSSR count). The molecule has 0 radical (unpaired) electrons. The third kappa shape index (κ3) is 4.04. The Labute approximate surface area is 136 Å². The first-order valence-electron chi connectivity index (χ1n) is 7.09. The van der Waals surface area contributed by atoms with Crippen molar-refractivity contribution in [1.82, 2.24) is 5.32 Å². The van der Waals surface area contributed by atoms with Crippen LogP contribution in [0.2, 0.25) is 0 Å². The van der Waals surface area contributed by atoms with Crippen molar-refractivity contribution in [3.05, 3.63) is 29.8 Å². The molecule has 1 aromatic rings. The van der Waals surface area contributed by atoms with Gasteiger partial charge in [0, 0.05) is 12.0 Å². The van der Waals surface area contributed by atoms with E-state index in [4.69, 9.17) is 27.9 Å². The summed E-state index contributed by atoms with van der Waals surface area (Å²) < 4.78 is 5.17. The molecule has 21 heavy (non-hydrogen) atoms. The van der Waals surface area contributed by atoms with Gasteiger partial charge in [-0.05, 0) is 51.8 Å². The zero-order valence-corrected chi connectivity index (χ0v) is 14.3. The Morgan fingerprint density at radius 3 is 2.29 bits per heavy atom. The number of amides is 1. The lowest BCUT2D eigenvalue weighted by Crippen LogP contribution is -2.48. The van der Waals surface area contributed by atoms with Crippen LogP contribution in [0.15, 0.2) is 24.3 Å². The molecule has 0 unspecified atom stereocenters. The van der Waals surface area contributed by atoms with Gasteiger partial charge in [0.05, 0.1) is 0 Å². The van der Waals surface area contributed by atoms with E-state index in [0.717, 1.165) is 12.0 Å². The Hall–Kier alpha value is -0.930. The molecular formula is C16H21Cl2NO2. The fourth-order valence-corrected chi connectivity index (χ4v) is 2.68. The Bertz CT molecular complexity index is 524. The lowest BCUT2D eigenvalue weighted by Gasteiger charge is -2.26. The minimum absolute atomic E-state index is 0.0817. The molecular weight excluding hydrogens is 309 g/mol. The maximum absolute atomic E-state index is 12.1. The van der Waals surface area contributed by atoms with Crippen molar-refractivity contribution in [1.29, 1.82) is 0 Å². The molecule has 1 N–H and O–H groups in total. The van der Waals surface area contributed by atoms with Crippen molar-refractivity contribution in [2.75, 3.05) is 0 Å². The maximum Gasteiger partial charge on any atom is 0.263 e. The van der Waals surface area contributed by atoms with Crippen molar-refractivity contribution in [2.24, 2.45) is 0 Å². The third-order valence-corrected chi connectivity index (χ3v) is 4.28. The number of hydrogen-bond acceptors (Lipinski definition) is 2. The topological polar surface area (TPSA) is 38.3 Å². The average Bonchev–Trinajstić information content (AvgIpc) is 2.98. The Kier molecular flexibility index (Phi) is 4.46. The van der Waals surface area contributed by atoms with Gasteiger partial charge in [-0.25, -0.2) is 0 Å². The SMILES string of the molecule is CC(C)NC(=O)C(C)(C)Oc1ccc([C@@H]2CC2(Cl)Cl)cc1. The highest BCUT2D eigenvalue weighted by Gasteiger charge is 2.52. The van der Waals surface area contributed by atoms with Gasteiger partial charge in [0.15, 0.2) is 5.60 Å². The number of carbonyl (C=O) groups is 1. The molecule has 1 aliphatic carbocycles. The Balaban J connectivity index is 2.01. The lowest BCUT2D eigenvalue weighted by molar-refractivity contribution is -0.134. The van der Waals surface area contributed by atoms with E-state index in [1.165, 1.54) is 0 Å². The molecule has 1 saturated carbocycles. The minimum Gasteiger partial charge on any atom is -0.478 e. The molecule has 1 fully saturated rings. The van der Waals surface area contributed by atoms with Gasteiger partial charge in [-0.15, -0.1) is 23.2 Å². The van der Waals surface area contributed by atoms with Crippen LogP contribution in [-0.4, -0.2) is 21.9 Å². The molecule has 1 amide bonds. The first kappa shape index (κ1) is 16.4. The number of rotatable bonds is 5. The average molecular weight is 330 g/mol. The molecule has 0 heterocycles. The summed E-state index contributed by atoms with van der Waals surface area (Å²) in [7, 11) is 0. The second-order valence-corrected chi connectivity index (χ2v) is 7.87. The molecule has 0 saturated heterocycles. The highest BCUT2D eigenvalue weighted by atomic mass is 35.5. The predicted molar refractivity (Wildman–Crippen MR) is 86.2 cm³/mol. The summed E-state index contributed by atoms with van der Waals surface area (Å²) >= 11 is 12.1. The zero-order chi connectivity index (χ0) is 15.8. The van der Waals surface area contributed by atoms with Crippen molar-refractivity contribution in [3.8, 4) is 5.75 Å². The molecule has 116 valence electrons. The van der Waals surface area contributed by atoms with Gasteiger partial charge in [0.1, 0.15) is 10.1 Å². The van der Waals surface area contributed by atoms with Crippen LogP contribution < -0.4 is 10.1 Å². The summed E-state index contributed by atoms with van der Waals surface area (Å²) in [5, 5.41) is 2.85. The summed E-state index contributed by atoms with van der Waals surface area (Å²) in [5.74, 6) is 0.703. The molecule has 0 spiro atoms. The largest absolute Gasteiger partial charge is 0.478 e. The van der Waals surface area contributed by atoms with E-state index < -0.39 is 9.93 Å². The van der Waals surface area contributed by atoms with E-state index >= 15 is 0 Å². The number of hydrogen-bond donors (Lipinski definition) is 1. The molecule has 1 aromatic carbocycles. The molecule has 0 bridgehead atoms. The van der Waals surface area contributed by atoms with Gasteiger partial charge >= 0.3 is 0 Å². The third-order valence-electron chi connectivity index (χ3n) is 3.45. The standard InChI is InChI=1S/C16H21Cl2NO2/c1-10(2)19-14(20)15(3,4)21-12-7-5-11(6-8-12)13-9-16(13,17)18/h5-8,10,13H,9H2,1-4H3,(H,19,20)/t13-/m0/s1. The van der Waals surface area contributed by atoms with Crippen molar-refractivity contribution < 1.29 is 9.53 Å². The van der Waals surface area contributed by atoms with Crippen LogP contribution in [-0.2, 0) is 4.79 Å². The summed E-state index contributed by atoms with van der Waals surface area (Å²) in [6.07, 6.45) is 0.776. The number of halogens is 2. The second-order valence-electron chi connectivity index (χ2n) is 6.33. The fraction of sp³-hybridized carbons (Fsp3) is 0.562. The van der Waals surface area contributed by atoms with Gasteiger partial charge in [-0.2, -0.15) is 0 Å². The molecule has 3 nitrogen and oxygen atoms in total. The quantitative estimate of drug-likeness (QED) is 0.828. The van der Waals surface area contributed by atoms with Crippen LogP contribution in [0.3, 0.4) is 0 Å². The number of ether oxygens (including phenoxy) is 1. The summed E-state index contributed by atoms with van der Waals surface area (Å²) in [6.45, 7) is 7.34. The number of alkyl halides is 2. The van der Waals surface area contributed by atoms with Crippen molar-refractivity contribution >= 4 is 29.1 Å². The van der Waals surface area contributed by atoms with E-state index in [9.17, 15) is 4.79 Å². The van der Waals surface area contributed by atoms with Crippen molar-refractivity contribution in [2.45, 2.75) is 56.0 Å². The van der Waals surface area contributed by atoms with Gasteiger partial charge in [-0.1, -0.05) is 12.1 Å². The fourth-order valence-electron chi connectivity index (χ4n) is 2.12. The normalized spacial score (nSPS) is 20.2. The molecule has 0 aromatic heterocycles. The molecule has 1 atom stereocenters. The van der Waals surface area contributed by atoms with Crippen LogP contribution >= 0.6 is 23.2 Å². The molecule has 0 aliphatic heterocycles. The first-order valence-corrected chi connectivity index (χ1v) is 7.85. The number of benzene rings is 1. The van der Waals surface area contributed by atoms with Gasteiger partial charge in [0.2, 0.25) is 0 Å². The van der Waals surface area contributed by atoms with E-state index in [1.807, 2.05) is 38.1 Å². The maximum atomic E-state index is 12.1. The first-order chi connectivity index (χ1) is 9.62. The van der Waals surface area contributed by atoms with Crippen LogP contribution in [0.5, 0.6) is 5.75 Å². The monoisotopic (exact) mass is 329 g/mol. The van der Waals surface area contributed by atoms with E-state index in [0.29, 0.717) is 5.75 Å². The molecule has 1 aliphatic rings. The minimum atomic E-state index is -0.923. The zero-order valence-electron chi connectivity index (χ0n) is 12.7. The molecule has 5 heteroatoms. The van der Waals surface area contributed by atoms with Crippen LogP contribution in [0.4, 0.5) is 0 Å². The van der Waals surface area contributed by atoms with E-state index in [2.05, 4.69) is 5.32 Å². The van der Waals surface area contributed by atoms with E-state index in [1.54, 1.807) is 13.8 Å². The van der Waals surface area contributed by atoms with Gasteiger partial charge < -0.3 is 10.1 Å². The number of nitrogens with one attached hydrogen (secondary N) is 1. The lowest BCUT2D eigenvalue weighted by atomic mass is 10.1. The smallest absolute Gasteiger partial charge is 0.263 e. The Morgan fingerprint density at radius 1 is 1.33 bits per heavy atom. The highest BCUT2D eigenvalue weighted by molar-refractivity contribution is 6.51. The van der Waals surface area contributed by atoms with Crippen molar-refractivity contribution in [3.63, 3.8) is 0 Å². The van der Waals surface area contributed by atoms with E-state index in [-0.39, 0.29) is 17.9 Å². The second kappa shape index (κ2) is 5.69. The van der Waals surface area contributed by atoms with Crippen LogP contribution in [0.25, 0.3) is 0 Å². The van der Waals surface area contributed by atoms with Crippen LogP contribution in [0.1, 0.15) is 45.6 Å². The number of carbonyl (C=O) groups excluding carboxylic acids is 1.